The molecular weight excluding hydrogens is 301 g/mol. The van der Waals surface area contributed by atoms with Crippen LogP contribution in [0.25, 0.3) is 0 Å². The number of nitriles is 1. The van der Waals surface area contributed by atoms with E-state index in [9.17, 15) is 14.5 Å². The quantitative estimate of drug-likeness (QED) is 0.489. The molecule has 0 saturated heterocycles. The Hall–Kier alpha value is -2.72. The van der Waals surface area contributed by atoms with Gasteiger partial charge in [-0.05, 0) is 19.1 Å². The monoisotopic (exact) mass is 307 g/mol. The lowest BCUT2D eigenvalue weighted by molar-refractivity contribution is -0.385. The van der Waals surface area contributed by atoms with E-state index in [1.165, 1.54) is 25.1 Å². The number of halogens is 2. The lowest BCUT2D eigenvalue weighted by Crippen LogP contribution is -1.97. The van der Waals surface area contributed by atoms with E-state index >= 15 is 0 Å². The molecule has 21 heavy (non-hydrogen) atoms. The molecule has 0 N–H and O–H groups in total. The predicted molar refractivity (Wildman–Crippen MR) is 71.8 cm³/mol. The zero-order valence-corrected chi connectivity index (χ0v) is 11.4. The van der Waals surface area contributed by atoms with Gasteiger partial charge >= 0.3 is 0 Å². The van der Waals surface area contributed by atoms with E-state index in [-0.39, 0.29) is 33.6 Å². The molecule has 0 amide bonds. The molecule has 0 aliphatic carbocycles. The van der Waals surface area contributed by atoms with Gasteiger partial charge in [-0.15, -0.1) is 0 Å². The number of hydrogen-bond donors (Lipinski definition) is 0. The molecule has 1 aromatic heterocycles. The van der Waals surface area contributed by atoms with Gasteiger partial charge < -0.3 is 4.74 Å². The molecule has 0 fully saturated rings. The summed E-state index contributed by atoms with van der Waals surface area (Å²) in [4.78, 5) is 13.8. The number of nitrogens with zero attached hydrogens (tertiary/aromatic N) is 3. The van der Waals surface area contributed by atoms with Crippen molar-refractivity contribution in [3.63, 3.8) is 0 Å². The molecule has 0 radical (unpaired) electrons. The van der Waals surface area contributed by atoms with Gasteiger partial charge in [0.25, 0.3) is 5.69 Å². The topological polar surface area (TPSA) is 89.0 Å². The highest BCUT2D eigenvalue weighted by Crippen LogP contribution is 2.30. The van der Waals surface area contributed by atoms with E-state index < -0.39 is 10.7 Å². The fraction of sp³-hybridized carbons (Fsp3) is 0.0769. The highest BCUT2D eigenvalue weighted by molar-refractivity contribution is 6.29. The van der Waals surface area contributed by atoms with Gasteiger partial charge in [0.05, 0.1) is 22.6 Å². The highest BCUT2D eigenvalue weighted by atomic mass is 35.5. The zero-order chi connectivity index (χ0) is 15.6. The molecule has 1 aromatic carbocycles. The van der Waals surface area contributed by atoms with Crippen LogP contribution in [0.1, 0.15) is 11.1 Å². The molecule has 0 saturated carbocycles. The summed E-state index contributed by atoms with van der Waals surface area (Å²) in [5.41, 5.74) is 0.0830. The SMILES string of the molecule is Cc1cc(Oc2cc(C#N)cc(Cl)n2)c(F)cc1[N+](=O)[O-]. The fourth-order valence-corrected chi connectivity index (χ4v) is 1.82. The molecule has 0 bridgehead atoms. The zero-order valence-electron chi connectivity index (χ0n) is 10.6. The number of nitro groups is 1. The van der Waals surface area contributed by atoms with Crippen molar-refractivity contribution in [2.45, 2.75) is 6.92 Å². The first-order valence-corrected chi connectivity index (χ1v) is 5.98. The summed E-state index contributed by atoms with van der Waals surface area (Å²) in [6, 6.07) is 6.41. The van der Waals surface area contributed by atoms with Gasteiger partial charge in [0.1, 0.15) is 5.15 Å². The Morgan fingerprint density at radius 3 is 2.76 bits per heavy atom. The van der Waals surface area contributed by atoms with Crippen LogP contribution in [-0.4, -0.2) is 9.91 Å². The van der Waals surface area contributed by atoms with Crippen molar-refractivity contribution in [2.24, 2.45) is 0 Å². The van der Waals surface area contributed by atoms with Gasteiger partial charge in [-0.3, -0.25) is 10.1 Å². The van der Waals surface area contributed by atoms with Crippen molar-refractivity contribution in [3.05, 3.63) is 56.5 Å². The van der Waals surface area contributed by atoms with Gasteiger partial charge in [0.15, 0.2) is 11.6 Å². The number of pyridine rings is 1. The second-order valence-electron chi connectivity index (χ2n) is 4.06. The molecule has 0 spiro atoms. The Morgan fingerprint density at radius 1 is 1.43 bits per heavy atom. The summed E-state index contributed by atoms with van der Waals surface area (Å²) in [6.45, 7) is 1.45. The number of hydrogen-bond acceptors (Lipinski definition) is 5. The molecule has 0 aliphatic rings. The third-order valence-electron chi connectivity index (χ3n) is 2.56. The second-order valence-corrected chi connectivity index (χ2v) is 4.44. The highest BCUT2D eigenvalue weighted by Gasteiger charge is 2.17. The Morgan fingerprint density at radius 2 is 2.14 bits per heavy atom. The van der Waals surface area contributed by atoms with Crippen LogP contribution in [0.3, 0.4) is 0 Å². The lowest BCUT2D eigenvalue weighted by Gasteiger charge is -2.07. The van der Waals surface area contributed by atoms with Crippen molar-refractivity contribution in [3.8, 4) is 17.7 Å². The number of rotatable bonds is 3. The minimum Gasteiger partial charge on any atom is -0.436 e. The fourth-order valence-electron chi connectivity index (χ4n) is 1.62. The molecule has 6 nitrogen and oxygen atoms in total. The molecule has 2 aromatic rings. The standard InChI is InChI=1S/C13H7ClFN3O3/c1-7-2-11(9(15)5-10(7)18(19)20)21-13-4-8(6-16)3-12(14)17-13/h2-5H,1H3. The van der Waals surface area contributed by atoms with Gasteiger partial charge in [0, 0.05) is 11.6 Å². The van der Waals surface area contributed by atoms with Crippen molar-refractivity contribution >= 4 is 17.3 Å². The molecule has 0 aliphatic heterocycles. The number of ether oxygens (including phenoxy) is 1. The summed E-state index contributed by atoms with van der Waals surface area (Å²) in [7, 11) is 0. The molecular formula is C13H7ClFN3O3. The van der Waals surface area contributed by atoms with E-state index in [4.69, 9.17) is 21.6 Å². The van der Waals surface area contributed by atoms with E-state index in [0.29, 0.717) is 0 Å². The summed E-state index contributed by atoms with van der Waals surface area (Å²) in [5, 5.41) is 19.5. The van der Waals surface area contributed by atoms with Gasteiger partial charge in [-0.1, -0.05) is 11.6 Å². The maximum atomic E-state index is 13.8. The van der Waals surface area contributed by atoms with Gasteiger partial charge in [-0.2, -0.15) is 5.26 Å². The predicted octanol–water partition coefficient (Wildman–Crippen LogP) is 3.75. The number of nitro benzene ring substituents is 1. The maximum absolute atomic E-state index is 13.8. The van der Waals surface area contributed by atoms with Crippen LogP contribution in [0.2, 0.25) is 5.15 Å². The molecule has 8 heteroatoms. The second kappa shape index (κ2) is 5.73. The third kappa shape index (κ3) is 3.24. The van der Waals surface area contributed by atoms with E-state index in [1.54, 1.807) is 0 Å². The van der Waals surface area contributed by atoms with Crippen molar-refractivity contribution in [1.82, 2.24) is 4.98 Å². The Kier molecular flexibility index (Phi) is 4.00. The average molecular weight is 308 g/mol. The van der Waals surface area contributed by atoms with Gasteiger partial charge in [-0.25, -0.2) is 9.37 Å². The van der Waals surface area contributed by atoms with E-state index in [2.05, 4.69) is 4.98 Å². The van der Waals surface area contributed by atoms with Crippen LogP contribution in [0.5, 0.6) is 11.6 Å². The van der Waals surface area contributed by atoms with Crippen molar-refractivity contribution < 1.29 is 14.1 Å². The number of benzene rings is 1. The molecule has 2 rings (SSSR count). The van der Waals surface area contributed by atoms with Crippen LogP contribution in [0.15, 0.2) is 24.3 Å². The molecule has 0 unspecified atom stereocenters. The first-order valence-electron chi connectivity index (χ1n) is 5.61. The van der Waals surface area contributed by atoms with Crippen LogP contribution >= 0.6 is 11.6 Å². The smallest absolute Gasteiger partial charge is 0.275 e. The minimum absolute atomic E-state index is 0.0168. The largest absolute Gasteiger partial charge is 0.436 e. The average Bonchev–Trinajstić information content (AvgIpc) is 2.41. The van der Waals surface area contributed by atoms with Crippen molar-refractivity contribution in [2.75, 3.05) is 0 Å². The Balaban J connectivity index is 2.41. The van der Waals surface area contributed by atoms with Crippen LogP contribution in [0.4, 0.5) is 10.1 Å². The van der Waals surface area contributed by atoms with Crippen LogP contribution < -0.4 is 4.74 Å². The van der Waals surface area contributed by atoms with Gasteiger partial charge in [0.2, 0.25) is 5.88 Å². The number of aryl methyl sites for hydroxylation is 1. The number of aromatic nitrogens is 1. The third-order valence-corrected chi connectivity index (χ3v) is 2.75. The minimum atomic E-state index is -0.910. The normalized spacial score (nSPS) is 10.0. The Bertz CT molecular complexity index is 774. The molecule has 106 valence electrons. The van der Waals surface area contributed by atoms with Crippen molar-refractivity contribution in [1.29, 1.82) is 5.26 Å². The first-order chi connectivity index (χ1) is 9.90. The Labute approximate surface area is 123 Å². The first kappa shape index (κ1) is 14.7. The molecule has 0 atom stereocenters. The summed E-state index contributed by atoms with van der Waals surface area (Å²) < 4.78 is 19.0. The molecule has 1 heterocycles. The maximum Gasteiger partial charge on any atom is 0.275 e. The summed E-state index contributed by atoms with van der Waals surface area (Å²) in [6.07, 6.45) is 0. The lowest BCUT2D eigenvalue weighted by atomic mass is 10.2. The summed E-state index contributed by atoms with van der Waals surface area (Å²) in [5.74, 6) is -1.23. The van der Waals surface area contributed by atoms with Crippen LogP contribution in [0, 0.1) is 34.2 Å². The van der Waals surface area contributed by atoms with E-state index in [1.807, 2.05) is 6.07 Å². The van der Waals surface area contributed by atoms with E-state index in [0.717, 1.165) is 6.07 Å². The summed E-state index contributed by atoms with van der Waals surface area (Å²) >= 11 is 5.71. The van der Waals surface area contributed by atoms with Crippen LogP contribution in [-0.2, 0) is 0 Å².